The highest BCUT2D eigenvalue weighted by atomic mass is 16.6. The van der Waals surface area contributed by atoms with E-state index in [9.17, 15) is 4.79 Å². The molecule has 1 atom stereocenters. The summed E-state index contributed by atoms with van der Waals surface area (Å²) in [5, 5.41) is 12.1. The van der Waals surface area contributed by atoms with Gasteiger partial charge >= 0.3 is 6.09 Å². The van der Waals surface area contributed by atoms with Crippen LogP contribution in [0, 0.1) is 0 Å². The van der Waals surface area contributed by atoms with Crippen LogP contribution in [0.4, 0.5) is 4.79 Å². The second kappa shape index (κ2) is 6.63. The molecule has 5 nitrogen and oxygen atoms in total. The van der Waals surface area contributed by atoms with Crippen LogP contribution in [-0.4, -0.2) is 55.0 Å². The first-order valence-corrected chi connectivity index (χ1v) is 5.54. The van der Waals surface area contributed by atoms with Gasteiger partial charge in [-0.15, -0.1) is 0 Å². The largest absolute Gasteiger partial charge is 0.449 e. The van der Waals surface area contributed by atoms with Crippen molar-refractivity contribution in [2.24, 2.45) is 0 Å². The molecule has 1 amide bonds. The second-order valence-electron chi connectivity index (χ2n) is 3.75. The van der Waals surface area contributed by atoms with E-state index in [2.05, 4.69) is 12.2 Å². The van der Waals surface area contributed by atoms with Crippen molar-refractivity contribution in [3.05, 3.63) is 0 Å². The minimum absolute atomic E-state index is 0.0162. The van der Waals surface area contributed by atoms with Crippen molar-refractivity contribution in [3.63, 3.8) is 0 Å². The van der Waals surface area contributed by atoms with Gasteiger partial charge in [0.25, 0.3) is 0 Å². The first-order chi connectivity index (χ1) is 7.27. The van der Waals surface area contributed by atoms with Gasteiger partial charge in [-0.2, -0.15) is 0 Å². The van der Waals surface area contributed by atoms with Crippen molar-refractivity contribution in [1.82, 2.24) is 10.2 Å². The van der Waals surface area contributed by atoms with Crippen molar-refractivity contribution in [1.29, 1.82) is 0 Å². The molecule has 1 unspecified atom stereocenters. The van der Waals surface area contributed by atoms with Gasteiger partial charge in [-0.3, -0.25) is 0 Å². The molecule has 15 heavy (non-hydrogen) atoms. The van der Waals surface area contributed by atoms with E-state index in [1.807, 2.05) is 0 Å². The SMILES string of the molecule is CCCCOC(=O)N1CCNC(CO)C1. The van der Waals surface area contributed by atoms with E-state index >= 15 is 0 Å². The second-order valence-corrected chi connectivity index (χ2v) is 3.75. The Bertz CT molecular complexity index is 199. The predicted octanol–water partition coefficient (Wildman–Crippen LogP) is 0.189. The molecule has 1 heterocycles. The molecule has 0 aromatic rings. The lowest BCUT2D eigenvalue weighted by Gasteiger charge is -2.31. The molecule has 0 aliphatic carbocycles. The fraction of sp³-hybridized carbons (Fsp3) is 0.900. The molecule has 2 N–H and O–H groups in total. The normalized spacial score (nSPS) is 21.5. The Morgan fingerprint density at radius 1 is 1.67 bits per heavy atom. The van der Waals surface area contributed by atoms with Gasteiger partial charge in [0, 0.05) is 25.7 Å². The zero-order chi connectivity index (χ0) is 11.1. The Balaban J connectivity index is 2.25. The van der Waals surface area contributed by atoms with Crippen LogP contribution in [-0.2, 0) is 4.74 Å². The third kappa shape index (κ3) is 4.05. The molecule has 1 aliphatic heterocycles. The lowest BCUT2D eigenvalue weighted by atomic mass is 10.2. The van der Waals surface area contributed by atoms with Crippen molar-refractivity contribution in [2.75, 3.05) is 32.8 Å². The number of piperazine rings is 1. The molecule has 1 fully saturated rings. The van der Waals surface area contributed by atoms with E-state index in [1.165, 1.54) is 0 Å². The Kier molecular flexibility index (Phi) is 5.42. The molecule has 1 rings (SSSR count). The molecule has 1 saturated heterocycles. The smallest absolute Gasteiger partial charge is 0.409 e. The summed E-state index contributed by atoms with van der Waals surface area (Å²) in [5.74, 6) is 0. The van der Waals surface area contributed by atoms with Crippen LogP contribution in [0.3, 0.4) is 0 Å². The number of carbonyl (C=O) groups excluding carboxylic acids is 1. The number of nitrogens with one attached hydrogen (secondary N) is 1. The molecule has 1 aliphatic rings. The van der Waals surface area contributed by atoms with Gasteiger partial charge in [-0.05, 0) is 6.42 Å². The summed E-state index contributed by atoms with van der Waals surface area (Å²) < 4.78 is 5.09. The van der Waals surface area contributed by atoms with Crippen LogP contribution in [0.15, 0.2) is 0 Å². The Labute approximate surface area is 90.4 Å². The molecule has 0 bridgehead atoms. The number of nitrogens with zero attached hydrogens (tertiary/aromatic N) is 1. The van der Waals surface area contributed by atoms with Crippen molar-refractivity contribution in [3.8, 4) is 0 Å². The minimum atomic E-state index is -0.261. The summed E-state index contributed by atoms with van der Waals surface area (Å²) in [7, 11) is 0. The number of aliphatic hydroxyl groups excluding tert-OH is 1. The molecular weight excluding hydrogens is 196 g/mol. The Hall–Kier alpha value is -0.810. The molecule has 88 valence electrons. The first kappa shape index (κ1) is 12.3. The van der Waals surface area contributed by atoms with E-state index in [-0.39, 0.29) is 18.7 Å². The molecule has 0 aromatic carbocycles. The molecule has 0 saturated carbocycles. The molecule has 0 radical (unpaired) electrons. The van der Waals surface area contributed by atoms with Crippen LogP contribution < -0.4 is 5.32 Å². The summed E-state index contributed by atoms with van der Waals surface area (Å²) in [4.78, 5) is 13.2. The highest BCUT2D eigenvalue weighted by Crippen LogP contribution is 2.02. The van der Waals surface area contributed by atoms with Crippen LogP contribution in [0.2, 0.25) is 0 Å². The zero-order valence-electron chi connectivity index (χ0n) is 9.24. The molecular formula is C10H20N2O3. The summed E-state index contributed by atoms with van der Waals surface area (Å²) in [6.07, 6.45) is 1.67. The third-order valence-corrected chi connectivity index (χ3v) is 2.46. The van der Waals surface area contributed by atoms with E-state index < -0.39 is 0 Å². The van der Waals surface area contributed by atoms with Crippen molar-refractivity contribution >= 4 is 6.09 Å². The van der Waals surface area contributed by atoms with Gasteiger partial charge in [-0.1, -0.05) is 13.3 Å². The van der Waals surface area contributed by atoms with E-state index in [4.69, 9.17) is 9.84 Å². The average Bonchev–Trinajstić information content (AvgIpc) is 2.29. The van der Waals surface area contributed by atoms with E-state index in [1.54, 1.807) is 4.90 Å². The maximum absolute atomic E-state index is 11.5. The number of carbonyl (C=O) groups is 1. The van der Waals surface area contributed by atoms with Crippen LogP contribution >= 0.6 is 0 Å². The minimum Gasteiger partial charge on any atom is -0.449 e. The molecule has 0 spiro atoms. The van der Waals surface area contributed by atoms with E-state index in [0.29, 0.717) is 26.2 Å². The van der Waals surface area contributed by atoms with Gasteiger partial charge in [0.05, 0.1) is 13.2 Å². The number of aliphatic hydroxyl groups is 1. The van der Waals surface area contributed by atoms with Crippen LogP contribution in [0.5, 0.6) is 0 Å². The zero-order valence-corrected chi connectivity index (χ0v) is 9.24. The topological polar surface area (TPSA) is 61.8 Å². The lowest BCUT2D eigenvalue weighted by Crippen LogP contribution is -2.54. The number of ether oxygens (including phenoxy) is 1. The monoisotopic (exact) mass is 216 g/mol. The predicted molar refractivity (Wildman–Crippen MR) is 56.7 cm³/mol. The van der Waals surface area contributed by atoms with E-state index in [0.717, 1.165) is 12.8 Å². The fourth-order valence-electron chi connectivity index (χ4n) is 1.51. The maximum Gasteiger partial charge on any atom is 0.409 e. The van der Waals surface area contributed by atoms with Crippen LogP contribution in [0.1, 0.15) is 19.8 Å². The number of amides is 1. The van der Waals surface area contributed by atoms with Gasteiger partial charge in [0.15, 0.2) is 0 Å². The summed E-state index contributed by atoms with van der Waals surface area (Å²) in [6, 6.07) is -0.0162. The average molecular weight is 216 g/mol. The fourth-order valence-corrected chi connectivity index (χ4v) is 1.51. The Morgan fingerprint density at radius 2 is 2.47 bits per heavy atom. The maximum atomic E-state index is 11.5. The molecule has 0 aromatic heterocycles. The van der Waals surface area contributed by atoms with Gasteiger partial charge < -0.3 is 20.1 Å². The highest BCUT2D eigenvalue weighted by molar-refractivity contribution is 5.67. The number of unbranched alkanes of at least 4 members (excludes halogenated alkanes) is 1. The summed E-state index contributed by atoms with van der Waals surface area (Å²) in [6.45, 7) is 4.50. The lowest BCUT2D eigenvalue weighted by molar-refractivity contribution is 0.0821. The molecule has 5 heteroatoms. The third-order valence-electron chi connectivity index (χ3n) is 2.46. The highest BCUT2D eigenvalue weighted by Gasteiger charge is 2.23. The van der Waals surface area contributed by atoms with Crippen molar-refractivity contribution in [2.45, 2.75) is 25.8 Å². The van der Waals surface area contributed by atoms with Gasteiger partial charge in [0.2, 0.25) is 0 Å². The van der Waals surface area contributed by atoms with Crippen LogP contribution in [0.25, 0.3) is 0 Å². The number of hydrogen-bond acceptors (Lipinski definition) is 4. The number of hydrogen-bond donors (Lipinski definition) is 2. The standard InChI is InChI=1S/C10H20N2O3/c1-2-3-6-15-10(14)12-5-4-11-9(7-12)8-13/h9,11,13H,2-8H2,1H3. The Morgan fingerprint density at radius 3 is 3.13 bits per heavy atom. The van der Waals surface area contributed by atoms with Gasteiger partial charge in [-0.25, -0.2) is 4.79 Å². The quantitative estimate of drug-likeness (QED) is 0.659. The van der Waals surface area contributed by atoms with Crippen molar-refractivity contribution < 1.29 is 14.6 Å². The summed E-state index contributed by atoms with van der Waals surface area (Å²) in [5.41, 5.74) is 0. The summed E-state index contributed by atoms with van der Waals surface area (Å²) >= 11 is 0. The van der Waals surface area contributed by atoms with Gasteiger partial charge in [0.1, 0.15) is 0 Å². The number of rotatable bonds is 4. The first-order valence-electron chi connectivity index (χ1n) is 5.54.